The van der Waals surface area contributed by atoms with Gasteiger partial charge in [-0.3, -0.25) is 10.1 Å². The molecule has 35 heavy (non-hydrogen) atoms. The van der Waals surface area contributed by atoms with Crippen molar-refractivity contribution in [3.05, 3.63) is 21.5 Å². The Morgan fingerprint density at radius 2 is 1.94 bits per heavy atom. The Morgan fingerprint density at radius 1 is 1.11 bits per heavy atom. The lowest BCUT2D eigenvalue weighted by molar-refractivity contribution is -0.529. The Balaban J connectivity index is 1.53. The highest BCUT2D eigenvalue weighted by Gasteiger charge is 2.52. The summed E-state index contributed by atoms with van der Waals surface area (Å²) in [6, 6.07) is -0.602. The van der Waals surface area contributed by atoms with E-state index in [2.05, 4.69) is 31.9 Å². The van der Waals surface area contributed by atoms with Crippen molar-refractivity contribution >= 4 is 23.5 Å². The summed E-state index contributed by atoms with van der Waals surface area (Å²) < 4.78 is 11.3. The highest BCUT2D eigenvalue weighted by molar-refractivity contribution is 8.00. The fourth-order valence-electron chi connectivity index (χ4n) is 6.18. The summed E-state index contributed by atoms with van der Waals surface area (Å²) in [6.07, 6.45) is 6.25. The topological polar surface area (TPSA) is 145 Å². The fraction of sp³-hybridized carbons (Fsp3) is 0.905. The second kappa shape index (κ2) is 11.3. The molecule has 14 heteroatoms. The van der Waals surface area contributed by atoms with E-state index in [1.54, 1.807) is 37.7 Å². The van der Waals surface area contributed by atoms with Crippen LogP contribution in [0.4, 0.5) is 0 Å². The Bertz CT molecular complexity index is 810. The van der Waals surface area contributed by atoms with E-state index in [0.717, 1.165) is 44.3 Å². The predicted octanol–water partition coefficient (Wildman–Crippen LogP) is 0.415. The summed E-state index contributed by atoms with van der Waals surface area (Å²) in [4.78, 5) is 14.2. The molecule has 3 heterocycles. The molecule has 0 bridgehead atoms. The Morgan fingerprint density at radius 3 is 2.63 bits per heavy atom. The average Bonchev–Trinajstić information content (AvgIpc) is 3.60. The van der Waals surface area contributed by atoms with Gasteiger partial charge in [0.1, 0.15) is 11.3 Å². The monoisotopic (exact) mass is 531 g/mol. The number of nitrogens with zero attached hydrogens (tertiary/aromatic N) is 2. The summed E-state index contributed by atoms with van der Waals surface area (Å²) in [5.41, 5.74) is 14.1. The molecule has 3 aliphatic heterocycles. The molecule has 0 aromatic heterocycles. The maximum atomic E-state index is 11.9. The second-order valence-electron chi connectivity index (χ2n) is 9.76. The number of nitrogens with one attached hydrogen (secondary N) is 5. The van der Waals surface area contributed by atoms with Gasteiger partial charge in [-0.05, 0) is 32.1 Å². The molecule has 2 saturated heterocycles. The van der Waals surface area contributed by atoms with Crippen molar-refractivity contribution in [2.24, 2.45) is 5.92 Å². The van der Waals surface area contributed by atoms with Crippen LogP contribution in [-0.2, 0) is 9.47 Å². The quantitative estimate of drug-likeness (QED) is 0.190. The first kappa shape index (κ1) is 25.8. The number of ether oxygens (including phenoxy) is 2. The maximum Gasteiger partial charge on any atom is 0.232 e. The van der Waals surface area contributed by atoms with E-state index in [1.165, 1.54) is 5.57 Å². The Kier molecular flexibility index (Phi) is 8.31. The molecule has 0 radical (unpaired) electrons. The first-order valence-corrected chi connectivity index (χ1v) is 14.3. The Labute approximate surface area is 214 Å². The van der Waals surface area contributed by atoms with Gasteiger partial charge in [0.2, 0.25) is 6.04 Å². The van der Waals surface area contributed by atoms with Gasteiger partial charge >= 0.3 is 0 Å². The minimum atomic E-state index is -0.602. The smallest absolute Gasteiger partial charge is 0.232 e. The fourth-order valence-corrected chi connectivity index (χ4v) is 8.30. The van der Waals surface area contributed by atoms with Gasteiger partial charge in [0.05, 0.1) is 29.5 Å². The third-order valence-corrected chi connectivity index (χ3v) is 10.3. The van der Waals surface area contributed by atoms with Crippen LogP contribution in [0.3, 0.4) is 0 Å². The number of hydrazine groups is 2. The number of hydrogen-bond acceptors (Lipinski definition) is 13. The lowest BCUT2D eigenvalue weighted by atomic mass is 9.80. The van der Waals surface area contributed by atoms with E-state index in [-0.39, 0.29) is 57.4 Å². The first-order valence-electron chi connectivity index (χ1n) is 12.5. The highest BCUT2D eigenvalue weighted by Crippen LogP contribution is 2.49. The van der Waals surface area contributed by atoms with Crippen LogP contribution in [0.5, 0.6) is 0 Å². The lowest BCUT2D eigenvalue weighted by Crippen LogP contribution is -2.54. The standard InChI is InChI=1S/C21H37N7O5S2/c1-32-11-7-8-14-12(9-11)17(19-24-26-21(33-2)35-19)18(27(14)20-25-23-16(10-29)34-20)22-13-5-3-4-6-15(13)28(30)31/h11-16,19-26,29H,3-10H2,1-2H3. The number of hydrogen-bond donors (Lipinski definition) is 6. The van der Waals surface area contributed by atoms with Gasteiger partial charge < -0.3 is 24.8 Å². The van der Waals surface area contributed by atoms with Crippen molar-refractivity contribution in [3.8, 4) is 0 Å². The lowest BCUT2D eigenvalue weighted by Gasteiger charge is -2.41. The number of nitro groups is 1. The second-order valence-corrected chi connectivity index (χ2v) is 12.2. The third kappa shape index (κ3) is 5.14. The van der Waals surface area contributed by atoms with Gasteiger partial charge in [-0.1, -0.05) is 29.9 Å². The van der Waals surface area contributed by atoms with E-state index in [1.807, 2.05) is 0 Å². The number of thioether (sulfide) groups is 2. The molecule has 5 rings (SSSR count). The molecule has 198 valence electrons. The summed E-state index contributed by atoms with van der Waals surface area (Å²) >= 11 is 3.31. The molecule has 2 aliphatic carbocycles. The summed E-state index contributed by atoms with van der Waals surface area (Å²) in [7, 11) is 3.45. The van der Waals surface area contributed by atoms with Gasteiger partial charge in [-0.25, -0.2) is 21.7 Å². The van der Waals surface area contributed by atoms with Crippen molar-refractivity contribution in [2.75, 3.05) is 20.8 Å². The molecule has 0 spiro atoms. The minimum absolute atomic E-state index is 0.0205. The number of rotatable bonds is 8. The zero-order chi connectivity index (χ0) is 24.5. The molecule has 6 N–H and O–H groups in total. The van der Waals surface area contributed by atoms with Crippen LogP contribution in [0.2, 0.25) is 0 Å². The maximum absolute atomic E-state index is 11.9. The molecular weight excluding hydrogens is 494 g/mol. The molecular formula is C21H37N7O5S2. The van der Waals surface area contributed by atoms with Crippen LogP contribution < -0.4 is 27.0 Å². The third-order valence-electron chi connectivity index (χ3n) is 7.88. The minimum Gasteiger partial charge on any atom is -0.394 e. The molecule has 9 atom stereocenters. The van der Waals surface area contributed by atoms with E-state index in [0.29, 0.717) is 6.42 Å². The van der Waals surface area contributed by atoms with Crippen LogP contribution in [0, 0.1) is 16.0 Å². The van der Waals surface area contributed by atoms with Crippen molar-refractivity contribution in [3.63, 3.8) is 0 Å². The number of aliphatic hydroxyl groups is 1. The van der Waals surface area contributed by atoms with Crippen LogP contribution >= 0.6 is 23.5 Å². The van der Waals surface area contributed by atoms with E-state index < -0.39 is 6.04 Å². The van der Waals surface area contributed by atoms with Gasteiger partial charge in [0.25, 0.3) is 0 Å². The van der Waals surface area contributed by atoms with Gasteiger partial charge in [-0.15, -0.1) is 0 Å². The van der Waals surface area contributed by atoms with Crippen molar-refractivity contribution < 1.29 is 19.5 Å². The van der Waals surface area contributed by atoms with E-state index in [9.17, 15) is 15.2 Å². The Hall–Kier alpha value is -0.840. The van der Waals surface area contributed by atoms with Crippen molar-refractivity contribution in [2.45, 2.75) is 91.0 Å². The van der Waals surface area contributed by atoms with Gasteiger partial charge in [-0.2, -0.15) is 0 Å². The average molecular weight is 532 g/mol. The van der Waals surface area contributed by atoms with E-state index >= 15 is 0 Å². The van der Waals surface area contributed by atoms with Crippen molar-refractivity contribution in [1.29, 1.82) is 0 Å². The SMILES string of the molecule is COC1CCC2C(C1)C(C1NNC(OC)S1)=C(NC1CCCCC1[N+](=O)[O-])N2C1NNC(CO)S1. The van der Waals surface area contributed by atoms with Gasteiger partial charge in [0.15, 0.2) is 5.56 Å². The van der Waals surface area contributed by atoms with Gasteiger partial charge in [0, 0.05) is 43.1 Å². The zero-order valence-corrected chi connectivity index (χ0v) is 21.8. The molecule has 5 aliphatic rings. The number of fused-ring (bicyclic) bond motifs is 1. The molecule has 12 nitrogen and oxygen atoms in total. The molecule has 0 aromatic carbocycles. The summed E-state index contributed by atoms with van der Waals surface area (Å²) in [6.45, 7) is 0.0205. The molecule has 4 fully saturated rings. The first-order chi connectivity index (χ1) is 17.0. The van der Waals surface area contributed by atoms with Crippen LogP contribution in [-0.4, -0.2) is 81.8 Å². The predicted molar refractivity (Wildman–Crippen MR) is 134 cm³/mol. The number of aliphatic hydroxyl groups excluding tert-OH is 1. The summed E-state index contributed by atoms with van der Waals surface area (Å²) in [5.74, 6) is 1.20. The molecule has 9 unspecified atom stereocenters. The van der Waals surface area contributed by atoms with E-state index in [4.69, 9.17) is 9.47 Å². The van der Waals surface area contributed by atoms with Crippen LogP contribution in [0.15, 0.2) is 11.4 Å². The van der Waals surface area contributed by atoms with Crippen LogP contribution in [0.25, 0.3) is 0 Å². The highest BCUT2D eigenvalue weighted by atomic mass is 32.2. The van der Waals surface area contributed by atoms with Crippen LogP contribution in [0.1, 0.15) is 44.9 Å². The normalized spacial score (nSPS) is 41.9. The largest absolute Gasteiger partial charge is 0.394 e. The van der Waals surface area contributed by atoms with Crippen molar-refractivity contribution in [1.82, 2.24) is 31.9 Å². The zero-order valence-electron chi connectivity index (χ0n) is 20.1. The molecule has 0 aromatic rings. The summed E-state index contributed by atoms with van der Waals surface area (Å²) in [5, 5.41) is 25.2. The number of methoxy groups -OCH3 is 2. The molecule has 2 saturated carbocycles. The molecule has 0 amide bonds.